The first-order valence-electron chi connectivity index (χ1n) is 8.20. The lowest BCUT2D eigenvalue weighted by Gasteiger charge is -2.19. The Kier molecular flexibility index (Phi) is 5.12. The summed E-state index contributed by atoms with van der Waals surface area (Å²) < 4.78 is 58.8. The van der Waals surface area contributed by atoms with Gasteiger partial charge in [-0.3, -0.25) is 0 Å². The molecule has 0 radical (unpaired) electrons. The molecule has 1 heterocycles. The van der Waals surface area contributed by atoms with Crippen LogP contribution in [0.25, 0.3) is 21.9 Å². The molecule has 0 aliphatic rings. The molecule has 0 fully saturated rings. The maximum absolute atomic E-state index is 14.4. The van der Waals surface area contributed by atoms with Crippen LogP contribution in [0.3, 0.4) is 0 Å². The molecule has 0 amide bonds. The molecule has 1 aromatic heterocycles. The van der Waals surface area contributed by atoms with Gasteiger partial charge in [-0.15, -0.1) is 0 Å². The van der Waals surface area contributed by atoms with Crippen LogP contribution in [0.2, 0.25) is 0 Å². The molecule has 0 aliphatic carbocycles. The molecule has 0 saturated heterocycles. The van der Waals surface area contributed by atoms with Gasteiger partial charge in [-0.1, -0.05) is 54.6 Å². The van der Waals surface area contributed by atoms with E-state index in [0.717, 1.165) is 0 Å². The van der Waals surface area contributed by atoms with Crippen molar-refractivity contribution < 1.29 is 27.1 Å². The molecular weight excluding hydrogens is 362 g/mol. The Morgan fingerprint density at radius 3 is 2.22 bits per heavy atom. The number of hydrogen-bond acceptors (Lipinski definition) is 3. The van der Waals surface area contributed by atoms with Gasteiger partial charge in [0.25, 0.3) is 0 Å². The highest BCUT2D eigenvalue weighted by Crippen LogP contribution is 2.43. The summed E-state index contributed by atoms with van der Waals surface area (Å²) in [5, 5.41) is 0.594. The van der Waals surface area contributed by atoms with Crippen LogP contribution in [0.15, 0.2) is 54.6 Å². The fraction of sp³-hybridized carbons (Fsp3) is 0.200. The first-order valence-corrected chi connectivity index (χ1v) is 8.20. The second kappa shape index (κ2) is 7.34. The number of hydrogen-bond donors (Lipinski definition) is 0. The van der Waals surface area contributed by atoms with Crippen molar-refractivity contribution in [3.05, 3.63) is 66.0 Å². The molecule has 0 N–H and O–H groups in total. The standard InChI is InChI=1S/C20H15F4NO2/c1-2-27-19(26)16-14-11-7-6-10-13(14)15(12-8-4-3-5-9-12)17(25-16)18(21)20(22,23)24/h3-11,18H,2H2,1H3. The number of fused-ring (bicyclic) bond motifs is 1. The topological polar surface area (TPSA) is 39.2 Å². The molecule has 7 heteroatoms. The van der Waals surface area contributed by atoms with Gasteiger partial charge in [-0.2, -0.15) is 13.2 Å². The van der Waals surface area contributed by atoms with E-state index in [-0.39, 0.29) is 17.9 Å². The quantitative estimate of drug-likeness (QED) is 0.436. The number of aromatic nitrogens is 1. The van der Waals surface area contributed by atoms with E-state index in [2.05, 4.69) is 4.98 Å². The molecule has 1 atom stereocenters. The molecule has 27 heavy (non-hydrogen) atoms. The number of carbonyl (C=O) groups is 1. The van der Waals surface area contributed by atoms with Crippen LogP contribution in [0.1, 0.15) is 29.3 Å². The highest BCUT2D eigenvalue weighted by atomic mass is 19.4. The van der Waals surface area contributed by atoms with Crippen molar-refractivity contribution in [1.29, 1.82) is 0 Å². The van der Waals surface area contributed by atoms with Crippen molar-refractivity contribution in [3.8, 4) is 11.1 Å². The molecular formula is C20H15F4NO2. The Balaban J connectivity index is 2.41. The Morgan fingerprint density at radius 1 is 1.04 bits per heavy atom. The fourth-order valence-corrected chi connectivity index (χ4v) is 2.88. The average molecular weight is 377 g/mol. The average Bonchev–Trinajstić information content (AvgIpc) is 2.66. The van der Waals surface area contributed by atoms with Crippen LogP contribution >= 0.6 is 0 Å². The maximum Gasteiger partial charge on any atom is 0.425 e. The van der Waals surface area contributed by atoms with Gasteiger partial charge in [0.1, 0.15) is 0 Å². The summed E-state index contributed by atoms with van der Waals surface area (Å²) in [7, 11) is 0. The number of carbonyl (C=O) groups excluding carboxylic acids is 1. The van der Waals surface area contributed by atoms with Gasteiger partial charge in [0, 0.05) is 10.9 Å². The Morgan fingerprint density at radius 2 is 1.63 bits per heavy atom. The number of benzene rings is 2. The maximum atomic E-state index is 14.4. The minimum atomic E-state index is -5.16. The van der Waals surface area contributed by atoms with Crippen LogP contribution in [0.4, 0.5) is 17.6 Å². The zero-order chi connectivity index (χ0) is 19.6. The van der Waals surface area contributed by atoms with Crippen molar-refractivity contribution in [3.63, 3.8) is 0 Å². The zero-order valence-electron chi connectivity index (χ0n) is 14.3. The van der Waals surface area contributed by atoms with E-state index >= 15 is 0 Å². The lowest BCUT2D eigenvalue weighted by molar-refractivity contribution is -0.183. The summed E-state index contributed by atoms with van der Waals surface area (Å²) in [5.41, 5.74) is -0.813. The van der Waals surface area contributed by atoms with E-state index in [1.165, 1.54) is 6.07 Å². The third-order valence-electron chi connectivity index (χ3n) is 4.00. The third-order valence-corrected chi connectivity index (χ3v) is 4.00. The number of alkyl halides is 4. The summed E-state index contributed by atoms with van der Waals surface area (Å²) in [4.78, 5) is 16.0. The molecule has 2 aromatic carbocycles. The Hall–Kier alpha value is -2.96. The third kappa shape index (κ3) is 3.63. The number of nitrogens with zero attached hydrogens (tertiary/aromatic N) is 1. The van der Waals surface area contributed by atoms with Crippen molar-refractivity contribution in [2.24, 2.45) is 0 Å². The first kappa shape index (κ1) is 18.8. The van der Waals surface area contributed by atoms with Crippen LogP contribution in [-0.4, -0.2) is 23.7 Å². The predicted molar refractivity (Wildman–Crippen MR) is 93.0 cm³/mol. The fourth-order valence-electron chi connectivity index (χ4n) is 2.88. The summed E-state index contributed by atoms with van der Waals surface area (Å²) in [5.74, 6) is -0.899. The van der Waals surface area contributed by atoms with Gasteiger partial charge >= 0.3 is 12.1 Å². The number of rotatable bonds is 4. The minimum absolute atomic E-state index is 0.00377. The monoisotopic (exact) mass is 377 g/mol. The predicted octanol–water partition coefficient (Wildman–Crippen LogP) is 5.65. The number of esters is 1. The summed E-state index contributed by atoms with van der Waals surface area (Å²) >= 11 is 0. The van der Waals surface area contributed by atoms with Crippen LogP contribution in [0, 0.1) is 0 Å². The number of halogens is 4. The van der Waals surface area contributed by atoms with Gasteiger partial charge in [0.05, 0.1) is 12.3 Å². The van der Waals surface area contributed by atoms with E-state index in [4.69, 9.17) is 4.74 Å². The molecule has 140 valence electrons. The lowest BCUT2D eigenvalue weighted by atomic mass is 9.94. The molecule has 0 spiro atoms. The minimum Gasteiger partial charge on any atom is -0.461 e. The van der Waals surface area contributed by atoms with Gasteiger partial charge in [-0.05, 0) is 17.9 Å². The summed E-state index contributed by atoms with van der Waals surface area (Å²) in [6, 6.07) is 14.4. The Bertz CT molecular complexity index is 971. The molecule has 3 nitrogen and oxygen atoms in total. The van der Waals surface area contributed by atoms with E-state index in [1.807, 2.05) is 0 Å². The van der Waals surface area contributed by atoms with Gasteiger partial charge in [-0.25, -0.2) is 14.2 Å². The molecule has 1 unspecified atom stereocenters. The summed E-state index contributed by atoms with van der Waals surface area (Å²) in [6.45, 7) is 1.58. The Labute approximate surface area is 152 Å². The lowest BCUT2D eigenvalue weighted by Crippen LogP contribution is -2.20. The molecule has 0 saturated carbocycles. The van der Waals surface area contributed by atoms with Crippen molar-refractivity contribution >= 4 is 16.7 Å². The van der Waals surface area contributed by atoms with Crippen LogP contribution in [0.5, 0.6) is 0 Å². The smallest absolute Gasteiger partial charge is 0.425 e. The highest BCUT2D eigenvalue weighted by molar-refractivity contribution is 6.08. The summed E-state index contributed by atoms with van der Waals surface area (Å²) in [6.07, 6.45) is -8.50. The molecule has 0 aliphatic heterocycles. The van der Waals surface area contributed by atoms with Gasteiger partial charge in [0.2, 0.25) is 6.17 Å². The van der Waals surface area contributed by atoms with Crippen molar-refractivity contribution in [2.45, 2.75) is 19.3 Å². The van der Waals surface area contributed by atoms with Crippen LogP contribution in [-0.2, 0) is 4.74 Å². The van der Waals surface area contributed by atoms with E-state index < -0.39 is 24.0 Å². The second-order valence-electron chi connectivity index (χ2n) is 5.76. The van der Waals surface area contributed by atoms with Crippen LogP contribution < -0.4 is 0 Å². The number of pyridine rings is 1. The first-order chi connectivity index (χ1) is 12.8. The molecule has 3 rings (SSSR count). The van der Waals surface area contributed by atoms with Crippen molar-refractivity contribution in [2.75, 3.05) is 6.61 Å². The van der Waals surface area contributed by atoms with Crippen molar-refractivity contribution in [1.82, 2.24) is 4.98 Å². The number of ether oxygens (including phenoxy) is 1. The normalized spacial score (nSPS) is 12.8. The van der Waals surface area contributed by atoms with E-state index in [0.29, 0.717) is 16.3 Å². The molecule has 0 bridgehead atoms. The van der Waals surface area contributed by atoms with E-state index in [9.17, 15) is 22.4 Å². The van der Waals surface area contributed by atoms with Gasteiger partial charge < -0.3 is 4.74 Å². The largest absolute Gasteiger partial charge is 0.461 e. The second-order valence-corrected chi connectivity index (χ2v) is 5.76. The highest BCUT2D eigenvalue weighted by Gasteiger charge is 2.44. The van der Waals surface area contributed by atoms with Gasteiger partial charge in [0.15, 0.2) is 5.69 Å². The zero-order valence-corrected chi connectivity index (χ0v) is 14.3. The van der Waals surface area contributed by atoms with E-state index in [1.54, 1.807) is 55.5 Å². The molecule has 3 aromatic rings. The SMILES string of the molecule is CCOC(=O)c1nc(C(F)C(F)(F)F)c(-c2ccccc2)c2ccccc12.